The number of carboxylic acid groups (broad SMARTS) is 1. The molecule has 9 nitrogen and oxygen atoms in total. The molecule has 3 atom stereocenters. The number of likely N-dealkylation sites (tertiary alicyclic amines) is 1. The Labute approximate surface area is 227 Å². The Morgan fingerprint density at radius 3 is 2.30 bits per heavy atom. The number of nitrogen functional groups attached to an aromatic ring is 1. The number of aromatic carboxylic acids is 1. The fourth-order valence-corrected chi connectivity index (χ4v) is 4.06. The molecule has 0 spiro atoms. The number of ether oxygens (including phenoxy) is 1. The van der Waals surface area contributed by atoms with E-state index >= 15 is 0 Å². The number of rotatable bonds is 8. The number of amides is 2. The lowest BCUT2D eigenvalue weighted by molar-refractivity contribution is -0.183. The van der Waals surface area contributed by atoms with Gasteiger partial charge in [-0.3, -0.25) is 14.4 Å². The van der Waals surface area contributed by atoms with Crippen LogP contribution in [0.4, 0.5) is 19.0 Å². The molecule has 3 aromatic rings. The number of pyridine rings is 1. The lowest BCUT2D eigenvalue weighted by Crippen LogP contribution is -2.66. The summed E-state index contributed by atoms with van der Waals surface area (Å²) in [6.45, 7) is 1.94. The lowest BCUT2D eigenvalue weighted by Gasteiger charge is -2.45. The molecular weight excluding hydrogens is 531 g/mol. The molecule has 4 rings (SSSR count). The number of nitrogens with two attached hydrogens (primary N) is 1. The standard InChI is InChI=1S/C26H25N3O5.C2HF3O/c1-16(18-5-3-2-4-6-18)13-23(30)29-24(31)21(14-17-11-12-28-22(27)15-17)25(29)34-20-9-7-19(8-10-20)26(32)33;3-2(4,5)1-6/h2-12,15-16,21,25H,13-14H2,1H3,(H2,27,28)(H,32,33);1H/t16-,21?,25+;/m0./s1. The SMILES string of the molecule is C[C@@H](CC(=O)N1C(=O)C(Cc2ccnc(N)c2)[C@H]1Oc1ccc(C(=O)O)cc1)c1ccccc1.O=CC(F)(F)F. The topological polar surface area (TPSA) is 140 Å². The molecule has 2 aromatic carbocycles. The fourth-order valence-electron chi connectivity index (χ4n) is 4.06. The second-order valence-electron chi connectivity index (χ2n) is 9.01. The molecule has 1 aliphatic rings. The van der Waals surface area contributed by atoms with Crippen LogP contribution < -0.4 is 10.5 Å². The van der Waals surface area contributed by atoms with Crippen molar-refractivity contribution in [2.45, 2.75) is 38.1 Å². The molecule has 210 valence electrons. The summed E-state index contributed by atoms with van der Waals surface area (Å²) in [5.41, 5.74) is 7.71. The molecule has 1 unspecified atom stereocenters. The molecule has 0 bridgehead atoms. The van der Waals surface area contributed by atoms with Crippen LogP contribution in [0, 0.1) is 5.92 Å². The molecule has 2 heterocycles. The first-order chi connectivity index (χ1) is 18.9. The maximum atomic E-state index is 13.1. The van der Waals surface area contributed by atoms with Gasteiger partial charge < -0.3 is 15.6 Å². The van der Waals surface area contributed by atoms with Crippen molar-refractivity contribution in [2.75, 3.05) is 5.73 Å². The zero-order valence-corrected chi connectivity index (χ0v) is 21.2. The van der Waals surface area contributed by atoms with Gasteiger partial charge in [0.1, 0.15) is 11.6 Å². The van der Waals surface area contributed by atoms with Gasteiger partial charge in [-0.1, -0.05) is 37.3 Å². The first-order valence-corrected chi connectivity index (χ1v) is 12.0. The van der Waals surface area contributed by atoms with Crippen LogP contribution >= 0.6 is 0 Å². The van der Waals surface area contributed by atoms with Crippen molar-refractivity contribution in [1.82, 2.24) is 9.88 Å². The van der Waals surface area contributed by atoms with Gasteiger partial charge >= 0.3 is 12.1 Å². The van der Waals surface area contributed by atoms with Crippen LogP contribution in [0.15, 0.2) is 72.9 Å². The number of aromatic nitrogens is 1. The van der Waals surface area contributed by atoms with Gasteiger partial charge in [0.15, 0.2) is 6.23 Å². The van der Waals surface area contributed by atoms with E-state index in [1.165, 1.54) is 29.2 Å². The Morgan fingerprint density at radius 2 is 1.75 bits per heavy atom. The highest BCUT2D eigenvalue weighted by Gasteiger charge is 2.52. The minimum absolute atomic E-state index is 0.0731. The van der Waals surface area contributed by atoms with Crippen LogP contribution in [-0.4, -0.2) is 51.5 Å². The third kappa shape index (κ3) is 7.88. The smallest absolute Gasteiger partial charge is 0.446 e. The number of anilines is 1. The number of imide groups is 1. The van der Waals surface area contributed by atoms with E-state index < -0.39 is 30.6 Å². The van der Waals surface area contributed by atoms with Crippen LogP contribution in [-0.2, 0) is 20.8 Å². The van der Waals surface area contributed by atoms with E-state index in [4.69, 9.17) is 20.4 Å². The monoisotopic (exact) mass is 557 g/mol. The van der Waals surface area contributed by atoms with Crippen molar-refractivity contribution >= 4 is 29.9 Å². The van der Waals surface area contributed by atoms with Crippen molar-refractivity contribution in [3.8, 4) is 5.75 Å². The van der Waals surface area contributed by atoms with Gasteiger partial charge in [0.05, 0.1) is 11.5 Å². The Hall–Kier alpha value is -4.74. The zero-order chi connectivity index (χ0) is 29.4. The van der Waals surface area contributed by atoms with Crippen LogP contribution in [0.5, 0.6) is 5.75 Å². The number of carboxylic acids is 1. The van der Waals surface area contributed by atoms with E-state index in [0.29, 0.717) is 18.0 Å². The highest BCUT2D eigenvalue weighted by molar-refractivity contribution is 6.02. The van der Waals surface area contributed by atoms with E-state index in [9.17, 15) is 27.6 Å². The molecule has 40 heavy (non-hydrogen) atoms. The minimum Gasteiger partial charge on any atom is -0.478 e. The normalized spacial score (nSPS) is 17.1. The summed E-state index contributed by atoms with van der Waals surface area (Å²) in [6, 6.07) is 19.0. The lowest BCUT2D eigenvalue weighted by atomic mass is 9.87. The van der Waals surface area contributed by atoms with Gasteiger partial charge in [-0.15, -0.1) is 0 Å². The zero-order valence-electron chi connectivity index (χ0n) is 21.2. The number of benzene rings is 2. The summed E-state index contributed by atoms with van der Waals surface area (Å²) in [6.07, 6.45) is -4.46. The molecule has 1 saturated heterocycles. The van der Waals surface area contributed by atoms with Crippen molar-refractivity contribution in [1.29, 1.82) is 0 Å². The predicted octanol–water partition coefficient (Wildman–Crippen LogP) is 4.24. The number of aldehydes is 1. The molecule has 0 saturated carbocycles. The Bertz CT molecular complexity index is 1350. The highest BCUT2D eigenvalue weighted by atomic mass is 19.4. The molecule has 2 amide bonds. The third-order valence-electron chi connectivity index (χ3n) is 6.06. The molecule has 12 heteroatoms. The summed E-state index contributed by atoms with van der Waals surface area (Å²) < 4.78 is 37.3. The summed E-state index contributed by atoms with van der Waals surface area (Å²) >= 11 is 0. The fraction of sp³-hybridized carbons (Fsp3) is 0.250. The Morgan fingerprint density at radius 1 is 1.12 bits per heavy atom. The number of halogens is 3. The van der Waals surface area contributed by atoms with Crippen molar-refractivity contribution in [3.05, 3.63) is 89.6 Å². The summed E-state index contributed by atoms with van der Waals surface area (Å²) in [7, 11) is 0. The highest BCUT2D eigenvalue weighted by Crippen LogP contribution is 2.34. The van der Waals surface area contributed by atoms with Gasteiger partial charge in [0, 0.05) is 12.6 Å². The van der Waals surface area contributed by atoms with Crippen molar-refractivity contribution in [3.63, 3.8) is 0 Å². The van der Waals surface area contributed by atoms with Crippen LogP contribution in [0.1, 0.15) is 40.7 Å². The summed E-state index contributed by atoms with van der Waals surface area (Å²) in [5, 5.41) is 9.12. The number of hydrogen-bond acceptors (Lipinski definition) is 7. The number of nitrogens with zero attached hydrogens (tertiary/aromatic N) is 2. The van der Waals surface area contributed by atoms with Gasteiger partial charge in [-0.2, -0.15) is 13.2 Å². The first kappa shape index (κ1) is 29.8. The second-order valence-corrected chi connectivity index (χ2v) is 9.01. The molecule has 0 aliphatic carbocycles. The number of hydrogen-bond donors (Lipinski definition) is 2. The third-order valence-corrected chi connectivity index (χ3v) is 6.06. The van der Waals surface area contributed by atoms with Crippen LogP contribution in [0.2, 0.25) is 0 Å². The average molecular weight is 558 g/mol. The summed E-state index contributed by atoms with van der Waals surface area (Å²) in [5.74, 6) is -1.63. The minimum atomic E-state index is -4.64. The van der Waals surface area contributed by atoms with Gasteiger partial charge in [-0.25, -0.2) is 14.7 Å². The van der Waals surface area contributed by atoms with Gasteiger partial charge in [0.25, 0.3) is 0 Å². The summed E-state index contributed by atoms with van der Waals surface area (Å²) in [4.78, 5) is 51.2. The van der Waals surface area contributed by atoms with Crippen molar-refractivity contribution in [2.24, 2.45) is 5.92 Å². The maximum absolute atomic E-state index is 13.1. The molecule has 3 N–H and O–H groups in total. The maximum Gasteiger partial charge on any atom is 0.446 e. The van der Waals surface area contributed by atoms with E-state index in [1.54, 1.807) is 18.3 Å². The van der Waals surface area contributed by atoms with E-state index in [0.717, 1.165) is 11.1 Å². The molecule has 1 aromatic heterocycles. The number of β-lactam (4-membered cyclic amide) rings is 1. The van der Waals surface area contributed by atoms with Crippen LogP contribution in [0.3, 0.4) is 0 Å². The number of carbonyl (C=O) groups is 4. The molecule has 1 fully saturated rings. The predicted molar refractivity (Wildman–Crippen MR) is 137 cm³/mol. The second kappa shape index (κ2) is 12.9. The number of carbonyl (C=O) groups excluding carboxylic acids is 3. The first-order valence-electron chi connectivity index (χ1n) is 12.0. The largest absolute Gasteiger partial charge is 0.478 e. The van der Waals surface area contributed by atoms with E-state index in [2.05, 4.69) is 4.98 Å². The van der Waals surface area contributed by atoms with Gasteiger partial charge in [-0.05, 0) is 59.9 Å². The molecular formula is C28H26F3N3O6. The molecule has 0 radical (unpaired) electrons. The van der Waals surface area contributed by atoms with Crippen molar-refractivity contribution < 1.29 is 42.2 Å². The number of alkyl halides is 3. The quantitative estimate of drug-likeness (QED) is 0.310. The van der Waals surface area contributed by atoms with E-state index in [1.807, 2.05) is 37.3 Å². The Kier molecular flexibility index (Phi) is 9.59. The van der Waals surface area contributed by atoms with Gasteiger partial charge in [0.2, 0.25) is 18.1 Å². The van der Waals surface area contributed by atoms with Crippen LogP contribution in [0.25, 0.3) is 0 Å². The average Bonchev–Trinajstić information content (AvgIpc) is 2.92. The molecule has 1 aliphatic heterocycles. The van der Waals surface area contributed by atoms with E-state index in [-0.39, 0.29) is 29.7 Å². The Balaban J connectivity index is 0.000000663.